The van der Waals surface area contributed by atoms with Crippen LogP contribution in [0.4, 0.5) is 6.01 Å². The standard InChI is InChI=1S/C14H22N4O/c1-3-10-4-2-8-18(12(10)5-1)14-17-16-13(19-14)9-15-11-6-7-11/h10-12,15H,1-9H2. The molecule has 3 fully saturated rings. The summed E-state index contributed by atoms with van der Waals surface area (Å²) in [5.74, 6) is 1.59. The van der Waals surface area contributed by atoms with Gasteiger partial charge in [0.15, 0.2) is 0 Å². The van der Waals surface area contributed by atoms with Gasteiger partial charge in [-0.05, 0) is 44.4 Å². The molecule has 1 aromatic rings. The van der Waals surface area contributed by atoms with Gasteiger partial charge in [0.2, 0.25) is 5.89 Å². The molecule has 0 bridgehead atoms. The number of nitrogens with one attached hydrogen (secondary N) is 1. The second-order valence-electron chi connectivity index (χ2n) is 6.23. The Morgan fingerprint density at radius 1 is 1.11 bits per heavy atom. The largest absolute Gasteiger partial charge is 0.407 e. The predicted molar refractivity (Wildman–Crippen MR) is 71.9 cm³/mol. The quantitative estimate of drug-likeness (QED) is 0.900. The van der Waals surface area contributed by atoms with E-state index in [0.29, 0.717) is 12.1 Å². The lowest BCUT2D eigenvalue weighted by Gasteiger charge is -2.36. The van der Waals surface area contributed by atoms with Crippen LogP contribution in [0.1, 0.15) is 50.8 Å². The molecular weight excluding hydrogens is 240 g/mol. The first-order valence-corrected chi connectivity index (χ1v) is 7.72. The lowest BCUT2D eigenvalue weighted by atomic mass is 9.92. The van der Waals surface area contributed by atoms with E-state index in [-0.39, 0.29) is 0 Å². The number of hydrogen-bond acceptors (Lipinski definition) is 5. The normalized spacial score (nSPS) is 30.6. The number of piperidine rings is 1. The van der Waals surface area contributed by atoms with E-state index in [4.69, 9.17) is 4.42 Å². The first kappa shape index (κ1) is 11.7. The second-order valence-corrected chi connectivity index (χ2v) is 6.23. The number of nitrogens with zero attached hydrogens (tertiary/aromatic N) is 3. The van der Waals surface area contributed by atoms with Crippen LogP contribution < -0.4 is 10.2 Å². The Labute approximate surface area is 113 Å². The van der Waals surface area contributed by atoms with Crippen LogP contribution in [0, 0.1) is 5.92 Å². The van der Waals surface area contributed by atoms with Crippen molar-refractivity contribution in [2.45, 2.75) is 63.6 Å². The van der Waals surface area contributed by atoms with Gasteiger partial charge in [-0.25, -0.2) is 0 Å². The molecule has 5 nitrogen and oxygen atoms in total. The van der Waals surface area contributed by atoms with Crippen molar-refractivity contribution in [2.24, 2.45) is 5.92 Å². The third-order valence-electron chi connectivity index (χ3n) is 4.81. The maximum Gasteiger partial charge on any atom is 0.318 e. The Bertz CT molecular complexity index is 442. The number of hydrogen-bond donors (Lipinski definition) is 1. The smallest absolute Gasteiger partial charge is 0.318 e. The summed E-state index contributed by atoms with van der Waals surface area (Å²) in [5.41, 5.74) is 0. The molecule has 104 valence electrons. The van der Waals surface area contributed by atoms with Gasteiger partial charge in [0.05, 0.1) is 6.54 Å². The topological polar surface area (TPSA) is 54.2 Å². The van der Waals surface area contributed by atoms with Crippen LogP contribution in [0.5, 0.6) is 0 Å². The molecule has 2 saturated carbocycles. The SMILES string of the molecule is C1CC2CCCN(c3nnc(CNC4CC4)o3)C2C1. The summed E-state index contributed by atoms with van der Waals surface area (Å²) in [5, 5.41) is 11.9. The first-order chi connectivity index (χ1) is 9.40. The molecule has 1 aliphatic heterocycles. The molecule has 2 aliphatic carbocycles. The summed E-state index contributed by atoms with van der Waals surface area (Å²) < 4.78 is 5.85. The molecule has 0 amide bonds. The van der Waals surface area contributed by atoms with Crippen molar-refractivity contribution >= 4 is 6.01 Å². The summed E-state index contributed by atoms with van der Waals surface area (Å²) >= 11 is 0. The highest BCUT2D eigenvalue weighted by Gasteiger charge is 2.37. The lowest BCUT2D eigenvalue weighted by Crippen LogP contribution is -2.42. The first-order valence-electron chi connectivity index (χ1n) is 7.72. The van der Waals surface area contributed by atoms with Crippen molar-refractivity contribution in [3.63, 3.8) is 0 Å². The van der Waals surface area contributed by atoms with Gasteiger partial charge >= 0.3 is 6.01 Å². The van der Waals surface area contributed by atoms with Crippen molar-refractivity contribution in [2.75, 3.05) is 11.4 Å². The van der Waals surface area contributed by atoms with Crippen molar-refractivity contribution in [1.82, 2.24) is 15.5 Å². The van der Waals surface area contributed by atoms with Crippen LogP contribution in [0.25, 0.3) is 0 Å². The maximum atomic E-state index is 5.85. The summed E-state index contributed by atoms with van der Waals surface area (Å²) in [7, 11) is 0. The van der Waals surface area contributed by atoms with Gasteiger partial charge in [0, 0.05) is 18.6 Å². The zero-order valence-corrected chi connectivity index (χ0v) is 11.3. The predicted octanol–water partition coefficient (Wildman–Crippen LogP) is 2.09. The van der Waals surface area contributed by atoms with Gasteiger partial charge in [-0.1, -0.05) is 11.5 Å². The average Bonchev–Trinajstić information content (AvgIpc) is 2.96. The van der Waals surface area contributed by atoms with Gasteiger partial charge in [-0.3, -0.25) is 0 Å². The molecule has 19 heavy (non-hydrogen) atoms. The molecule has 0 radical (unpaired) electrons. The Morgan fingerprint density at radius 3 is 2.89 bits per heavy atom. The monoisotopic (exact) mass is 262 g/mol. The number of fused-ring (bicyclic) bond motifs is 1. The fraction of sp³-hybridized carbons (Fsp3) is 0.857. The van der Waals surface area contributed by atoms with Crippen LogP contribution in [-0.2, 0) is 6.54 Å². The maximum absolute atomic E-state index is 5.85. The van der Waals surface area contributed by atoms with E-state index < -0.39 is 0 Å². The van der Waals surface area contributed by atoms with Crippen molar-refractivity contribution in [3.8, 4) is 0 Å². The Balaban J connectivity index is 1.45. The van der Waals surface area contributed by atoms with Crippen molar-refractivity contribution in [3.05, 3.63) is 5.89 Å². The van der Waals surface area contributed by atoms with E-state index in [1.54, 1.807) is 0 Å². The molecule has 0 spiro atoms. The highest BCUT2D eigenvalue weighted by molar-refractivity contribution is 5.29. The van der Waals surface area contributed by atoms with Gasteiger partial charge in [0.1, 0.15) is 0 Å². The van der Waals surface area contributed by atoms with Crippen LogP contribution in [0.15, 0.2) is 4.42 Å². The Hall–Kier alpha value is -1.10. The molecule has 2 heterocycles. The van der Waals surface area contributed by atoms with Gasteiger partial charge < -0.3 is 14.6 Å². The zero-order valence-electron chi connectivity index (χ0n) is 11.3. The molecule has 1 saturated heterocycles. The third kappa shape index (κ3) is 2.36. The molecule has 2 unspecified atom stereocenters. The van der Waals surface area contributed by atoms with Crippen LogP contribution in [0.2, 0.25) is 0 Å². The fourth-order valence-corrected chi connectivity index (χ4v) is 3.64. The minimum absolute atomic E-state index is 0.651. The van der Waals surface area contributed by atoms with E-state index in [9.17, 15) is 0 Å². The van der Waals surface area contributed by atoms with Crippen molar-refractivity contribution < 1.29 is 4.42 Å². The van der Waals surface area contributed by atoms with Crippen molar-refractivity contribution in [1.29, 1.82) is 0 Å². The van der Waals surface area contributed by atoms with Crippen LogP contribution in [-0.4, -0.2) is 28.8 Å². The van der Waals surface area contributed by atoms with E-state index in [2.05, 4.69) is 20.4 Å². The molecule has 1 aromatic heterocycles. The molecule has 3 aliphatic rings. The van der Waals surface area contributed by atoms with Crippen LogP contribution >= 0.6 is 0 Å². The summed E-state index contributed by atoms with van der Waals surface area (Å²) in [6.07, 6.45) is 9.25. The van der Waals surface area contributed by atoms with Gasteiger partial charge in [-0.15, -0.1) is 5.10 Å². The third-order valence-corrected chi connectivity index (χ3v) is 4.81. The fourth-order valence-electron chi connectivity index (χ4n) is 3.64. The Kier molecular flexibility index (Phi) is 2.94. The number of aromatic nitrogens is 2. The van der Waals surface area contributed by atoms with Gasteiger partial charge in [0.25, 0.3) is 0 Å². The summed E-state index contributed by atoms with van der Waals surface area (Å²) in [6.45, 7) is 1.80. The second kappa shape index (κ2) is 4.78. The molecule has 1 N–H and O–H groups in total. The lowest BCUT2D eigenvalue weighted by molar-refractivity contribution is 0.338. The van der Waals surface area contributed by atoms with E-state index in [1.165, 1.54) is 44.9 Å². The molecule has 4 rings (SSSR count). The zero-order chi connectivity index (χ0) is 12.7. The number of anilines is 1. The van der Waals surface area contributed by atoms with E-state index >= 15 is 0 Å². The minimum atomic E-state index is 0.651. The average molecular weight is 262 g/mol. The van der Waals surface area contributed by atoms with Crippen LogP contribution in [0.3, 0.4) is 0 Å². The van der Waals surface area contributed by atoms with E-state index in [0.717, 1.165) is 30.9 Å². The summed E-state index contributed by atoms with van der Waals surface area (Å²) in [6, 6.07) is 2.09. The molecule has 2 atom stereocenters. The Morgan fingerprint density at radius 2 is 2.00 bits per heavy atom. The number of rotatable bonds is 4. The molecule has 0 aromatic carbocycles. The molecule has 5 heteroatoms. The minimum Gasteiger partial charge on any atom is -0.407 e. The molecular formula is C14H22N4O. The highest BCUT2D eigenvalue weighted by atomic mass is 16.4. The van der Waals surface area contributed by atoms with Gasteiger partial charge in [-0.2, -0.15) is 0 Å². The highest BCUT2D eigenvalue weighted by Crippen LogP contribution is 2.38. The summed E-state index contributed by atoms with van der Waals surface area (Å²) in [4.78, 5) is 2.37. The van der Waals surface area contributed by atoms with E-state index in [1.807, 2.05) is 0 Å².